The molecule has 0 aliphatic heterocycles. The number of halogens is 1. The minimum atomic E-state index is -0.640. The normalized spacial score (nSPS) is 14.2. The van der Waals surface area contributed by atoms with Crippen LogP contribution in [0.2, 0.25) is 5.02 Å². The molecule has 1 atom stereocenters. The predicted octanol–water partition coefficient (Wildman–Crippen LogP) is 2.86. The SMILES string of the molecule is CCC[C@](C)(O)CNCCOc1ccccc1Cl. The Balaban J connectivity index is 2.18. The van der Waals surface area contributed by atoms with Gasteiger partial charge in [0.15, 0.2) is 0 Å². The molecule has 0 aromatic heterocycles. The Morgan fingerprint density at radius 2 is 2.11 bits per heavy atom. The van der Waals surface area contributed by atoms with Crippen LogP contribution in [0.25, 0.3) is 0 Å². The molecule has 0 saturated carbocycles. The van der Waals surface area contributed by atoms with Crippen LogP contribution in [0.5, 0.6) is 5.75 Å². The molecule has 1 rings (SSSR count). The van der Waals surface area contributed by atoms with E-state index in [1.165, 1.54) is 0 Å². The first-order valence-electron chi connectivity index (χ1n) is 6.35. The van der Waals surface area contributed by atoms with Crippen molar-refractivity contribution < 1.29 is 9.84 Å². The van der Waals surface area contributed by atoms with Gasteiger partial charge in [0, 0.05) is 13.1 Å². The smallest absolute Gasteiger partial charge is 0.137 e. The molecule has 0 aliphatic rings. The van der Waals surface area contributed by atoms with Crippen LogP contribution in [-0.4, -0.2) is 30.4 Å². The second-order valence-corrected chi connectivity index (χ2v) is 5.11. The second kappa shape index (κ2) is 7.62. The Labute approximate surface area is 114 Å². The van der Waals surface area contributed by atoms with E-state index in [-0.39, 0.29) is 0 Å². The van der Waals surface area contributed by atoms with Crippen LogP contribution in [0, 0.1) is 0 Å². The number of aliphatic hydroxyl groups is 1. The van der Waals surface area contributed by atoms with Crippen LogP contribution in [0.1, 0.15) is 26.7 Å². The summed E-state index contributed by atoms with van der Waals surface area (Å²) in [6.45, 7) is 5.71. The number of hydrogen-bond acceptors (Lipinski definition) is 3. The van der Waals surface area contributed by atoms with Gasteiger partial charge in [0.2, 0.25) is 0 Å². The lowest BCUT2D eigenvalue weighted by Gasteiger charge is -2.23. The fourth-order valence-electron chi connectivity index (χ4n) is 1.78. The highest BCUT2D eigenvalue weighted by molar-refractivity contribution is 6.32. The second-order valence-electron chi connectivity index (χ2n) is 4.70. The Morgan fingerprint density at radius 3 is 2.78 bits per heavy atom. The van der Waals surface area contributed by atoms with E-state index >= 15 is 0 Å². The number of hydrogen-bond donors (Lipinski definition) is 2. The predicted molar refractivity (Wildman–Crippen MR) is 75.3 cm³/mol. The van der Waals surface area contributed by atoms with Crippen molar-refractivity contribution in [2.24, 2.45) is 0 Å². The molecule has 2 N–H and O–H groups in total. The molecule has 102 valence electrons. The van der Waals surface area contributed by atoms with E-state index in [9.17, 15) is 5.11 Å². The standard InChI is InChI=1S/C14H22ClNO2/c1-3-8-14(2,17)11-16-9-10-18-13-7-5-4-6-12(13)15/h4-7,16-17H,3,8-11H2,1-2H3/t14-/m0/s1. The summed E-state index contributed by atoms with van der Waals surface area (Å²) < 4.78 is 5.54. The molecule has 0 fully saturated rings. The molecule has 18 heavy (non-hydrogen) atoms. The summed E-state index contributed by atoms with van der Waals surface area (Å²) in [5.74, 6) is 0.696. The zero-order valence-corrected chi connectivity index (χ0v) is 11.8. The van der Waals surface area contributed by atoms with Gasteiger partial charge in [-0.05, 0) is 25.5 Å². The van der Waals surface area contributed by atoms with Gasteiger partial charge in [0.25, 0.3) is 0 Å². The molecular weight excluding hydrogens is 250 g/mol. The molecular formula is C14H22ClNO2. The highest BCUT2D eigenvalue weighted by Crippen LogP contribution is 2.22. The van der Waals surface area contributed by atoms with Crippen molar-refractivity contribution in [3.8, 4) is 5.75 Å². The molecule has 0 radical (unpaired) electrons. The van der Waals surface area contributed by atoms with E-state index in [1.54, 1.807) is 6.07 Å². The number of benzene rings is 1. The first-order valence-corrected chi connectivity index (χ1v) is 6.73. The fourth-order valence-corrected chi connectivity index (χ4v) is 1.97. The van der Waals surface area contributed by atoms with Crippen molar-refractivity contribution in [3.05, 3.63) is 29.3 Å². The van der Waals surface area contributed by atoms with Gasteiger partial charge in [-0.1, -0.05) is 37.1 Å². The lowest BCUT2D eigenvalue weighted by Crippen LogP contribution is -2.39. The van der Waals surface area contributed by atoms with Crippen molar-refractivity contribution in [3.63, 3.8) is 0 Å². The van der Waals surface area contributed by atoms with E-state index in [2.05, 4.69) is 12.2 Å². The number of para-hydroxylation sites is 1. The first kappa shape index (κ1) is 15.3. The third-order valence-electron chi connectivity index (χ3n) is 2.67. The molecule has 0 bridgehead atoms. The van der Waals surface area contributed by atoms with Crippen LogP contribution in [0.4, 0.5) is 0 Å². The zero-order valence-electron chi connectivity index (χ0n) is 11.1. The fraction of sp³-hybridized carbons (Fsp3) is 0.571. The summed E-state index contributed by atoms with van der Waals surface area (Å²) in [5.41, 5.74) is -0.640. The lowest BCUT2D eigenvalue weighted by atomic mass is 10.0. The first-order chi connectivity index (χ1) is 8.55. The van der Waals surface area contributed by atoms with Crippen molar-refractivity contribution in [2.45, 2.75) is 32.3 Å². The van der Waals surface area contributed by atoms with Crippen LogP contribution >= 0.6 is 11.6 Å². The Kier molecular flexibility index (Phi) is 6.47. The van der Waals surface area contributed by atoms with E-state index in [4.69, 9.17) is 16.3 Å². The summed E-state index contributed by atoms with van der Waals surface area (Å²) in [5, 5.41) is 13.8. The summed E-state index contributed by atoms with van der Waals surface area (Å²) in [4.78, 5) is 0. The minimum Gasteiger partial charge on any atom is -0.491 e. The highest BCUT2D eigenvalue weighted by Gasteiger charge is 2.17. The molecule has 0 unspecified atom stereocenters. The largest absolute Gasteiger partial charge is 0.491 e. The molecule has 0 heterocycles. The van der Waals surface area contributed by atoms with Crippen molar-refractivity contribution >= 4 is 11.6 Å². The van der Waals surface area contributed by atoms with E-state index in [0.29, 0.717) is 30.5 Å². The topological polar surface area (TPSA) is 41.5 Å². The van der Waals surface area contributed by atoms with Crippen molar-refractivity contribution in [1.82, 2.24) is 5.32 Å². The van der Waals surface area contributed by atoms with Gasteiger partial charge < -0.3 is 15.2 Å². The molecule has 1 aromatic carbocycles. The highest BCUT2D eigenvalue weighted by atomic mass is 35.5. The minimum absolute atomic E-state index is 0.534. The average molecular weight is 272 g/mol. The third kappa shape index (κ3) is 5.71. The van der Waals surface area contributed by atoms with Gasteiger partial charge in [0.05, 0.1) is 10.6 Å². The Hall–Kier alpha value is -0.770. The van der Waals surface area contributed by atoms with Crippen LogP contribution < -0.4 is 10.1 Å². The van der Waals surface area contributed by atoms with Gasteiger partial charge in [-0.2, -0.15) is 0 Å². The number of nitrogens with one attached hydrogen (secondary N) is 1. The van der Waals surface area contributed by atoms with Crippen LogP contribution in [0.3, 0.4) is 0 Å². The third-order valence-corrected chi connectivity index (χ3v) is 2.98. The summed E-state index contributed by atoms with van der Waals surface area (Å²) in [6.07, 6.45) is 1.77. The van der Waals surface area contributed by atoms with Crippen molar-refractivity contribution in [1.29, 1.82) is 0 Å². The van der Waals surface area contributed by atoms with E-state index < -0.39 is 5.60 Å². The van der Waals surface area contributed by atoms with Gasteiger partial charge in [0.1, 0.15) is 12.4 Å². The van der Waals surface area contributed by atoms with Crippen LogP contribution in [0.15, 0.2) is 24.3 Å². The molecule has 3 nitrogen and oxygen atoms in total. The maximum Gasteiger partial charge on any atom is 0.137 e. The molecule has 4 heteroatoms. The summed E-state index contributed by atoms with van der Waals surface area (Å²) in [7, 11) is 0. The molecule has 0 amide bonds. The van der Waals surface area contributed by atoms with E-state index in [1.807, 2.05) is 25.1 Å². The Morgan fingerprint density at radius 1 is 1.39 bits per heavy atom. The zero-order chi connectivity index (χ0) is 13.4. The summed E-state index contributed by atoms with van der Waals surface area (Å²) >= 11 is 5.97. The monoisotopic (exact) mass is 271 g/mol. The number of rotatable bonds is 8. The van der Waals surface area contributed by atoms with Gasteiger partial charge in [-0.15, -0.1) is 0 Å². The quantitative estimate of drug-likeness (QED) is 0.715. The van der Waals surface area contributed by atoms with Crippen molar-refractivity contribution in [2.75, 3.05) is 19.7 Å². The van der Waals surface area contributed by atoms with Gasteiger partial charge >= 0.3 is 0 Å². The lowest BCUT2D eigenvalue weighted by molar-refractivity contribution is 0.0494. The molecule has 0 aliphatic carbocycles. The number of ether oxygens (including phenoxy) is 1. The van der Waals surface area contributed by atoms with Crippen LogP contribution in [-0.2, 0) is 0 Å². The molecule has 0 saturated heterocycles. The molecule has 1 aromatic rings. The maximum absolute atomic E-state index is 9.95. The Bertz CT molecular complexity index is 355. The average Bonchev–Trinajstić information content (AvgIpc) is 2.31. The van der Waals surface area contributed by atoms with Gasteiger partial charge in [-0.3, -0.25) is 0 Å². The molecule has 0 spiro atoms. The summed E-state index contributed by atoms with van der Waals surface area (Å²) in [6, 6.07) is 7.40. The van der Waals surface area contributed by atoms with E-state index in [0.717, 1.165) is 12.8 Å². The maximum atomic E-state index is 9.95. The van der Waals surface area contributed by atoms with Gasteiger partial charge in [-0.25, -0.2) is 0 Å².